The summed E-state index contributed by atoms with van der Waals surface area (Å²) in [6, 6.07) is 21.0. The number of halogens is 1. The first-order chi connectivity index (χ1) is 22.3. The molecular formula is C38H59BrN2O6. The number of aryl methyl sites for hydroxylation is 2. The number of aliphatic hydroxyl groups excluding tert-OH is 1. The van der Waals surface area contributed by atoms with Crippen LogP contribution in [0.2, 0.25) is 0 Å². The monoisotopic (exact) mass is 718 g/mol. The minimum absolute atomic E-state index is 0.152. The molecule has 2 aliphatic heterocycles. The summed E-state index contributed by atoms with van der Waals surface area (Å²) in [5.41, 5.74) is 1.92. The van der Waals surface area contributed by atoms with E-state index in [1.807, 2.05) is 47.6 Å². The van der Waals surface area contributed by atoms with Crippen LogP contribution < -0.4 is 0 Å². The molecule has 0 bridgehead atoms. The van der Waals surface area contributed by atoms with E-state index in [0.29, 0.717) is 19.0 Å². The molecular weight excluding hydrogens is 660 g/mol. The Bertz CT molecular complexity index is 1140. The number of hydrogen-bond donors (Lipinski definition) is 1. The summed E-state index contributed by atoms with van der Waals surface area (Å²) in [7, 11) is 0. The predicted molar refractivity (Wildman–Crippen MR) is 193 cm³/mol. The molecule has 9 heteroatoms. The maximum Gasteiger partial charge on any atom is 0.410 e. The molecule has 47 heavy (non-hydrogen) atoms. The molecule has 2 heterocycles. The van der Waals surface area contributed by atoms with Crippen LogP contribution in [0.4, 0.5) is 9.59 Å². The largest absolute Gasteiger partial charge is 0.444 e. The highest BCUT2D eigenvalue weighted by atomic mass is 79.9. The van der Waals surface area contributed by atoms with Crippen LogP contribution in [0.5, 0.6) is 0 Å². The van der Waals surface area contributed by atoms with Crippen molar-refractivity contribution < 1.29 is 28.9 Å². The molecule has 2 aliphatic rings. The maximum absolute atomic E-state index is 12.0. The third-order valence-corrected chi connectivity index (χ3v) is 8.09. The third kappa shape index (κ3) is 18.5. The molecule has 0 aliphatic carbocycles. The van der Waals surface area contributed by atoms with Gasteiger partial charge in [0.2, 0.25) is 0 Å². The number of carbonyl (C=O) groups excluding carboxylic acids is 2. The van der Waals surface area contributed by atoms with Crippen molar-refractivity contribution in [2.75, 3.05) is 51.3 Å². The highest BCUT2D eigenvalue weighted by Crippen LogP contribution is 2.20. The Morgan fingerprint density at radius 3 is 1.62 bits per heavy atom. The maximum atomic E-state index is 12.0. The van der Waals surface area contributed by atoms with E-state index in [9.17, 15) is 9.59 Å². The van der Waals surface area contributed by atoms with Crippen molar-refractivity contribution in [3.63, 3.8) is 0 Å². The topological polar surface area (TPSA) is 88.5 Å². The summed E-state index contributed by atoms with van der Waals surface area (Å²) in [6.07, 6.45) is 5.89. The van der Waals surface area contributed by atoms with Crippen molar-refractivity contribution in [1.82, 2.24) is 9.80 Å². The van der Waals surface area contributed by atoms with Crippen molar-refractivity contribution in [2.24, 2.45) is 11.8 Å². The number of likely N-dealkylation sites (tertiary alicyclic amines) is 2. The molecule has 0 spiro atoms. The summed E-state index contributed by atoms with van der Waals surface area (Å²) in [5.74, 6) is 0.654. The predicted octanol–water partition coefficient (Wildman–Crippen LogP) is 8.14. The summed E-state index contributed by atoms with van der Waals surface area (Å²) in [5, 5.41) is 10.0. The van der Waals surface area contributed by atoms with Crippen molar-refractivity contribution in [2.45, 2.75) is 91.3 Å². The molecule has 2 aromatic carbocycles. The number of hydrogen-bond acceptors (Lipinski definition) is 6. The lowest BCUT2D eigenvalue weighted by molar-refractivity contribution is 0.0267. The van der Waals surface area contributed by atoms with Gasteiger partial charge >= 0.3 is 12.2 Å². The lowest BCUT2D eigenvalue weighted by Crippen LogP contribution is -2.35. The normalized spacial score (nSPS) is 17.7. The van der Waals surface area contributed by atoms with Crippen molar-refractivity contribution in [3.8, 4) is 0 Å². The molecule has 2 aromatic rings. The molecule has 2 amide bonds. The first-order valence-electron chi connectivity index (χ1n) is 17.1. The number of alkyl halides is 1. The lowest BCUT2D eigenvalue weighted by atomic mass is 10.1. The second kappa shape index (κ2) is 21.4. The van der Waals surface area contributed by atoms with Crippen molar-refractivity contribution in [1.29, 1.82) is 0 Å². The molecule has 8 nitrogen and oxygen atoms in total. The fourth-order valence-electron chi connectivity index (χ4n) is 5.12. The Balaban J connectivity index is 0.000000271. The highest BCUT2D eigenvalue weighted by molar-refractivity contribution is 9.09. The van der Waals surface area contributed by atoms with Gasteiger partial charge < -0.3 is 29.1 Å². The van der Waals surface area contributed by atoms with Crippen LogP contribution >= 0.6 is 15.9 Å². The number of benzene rings is 2. The van der Waals surface area contributed by atoms with Crippen molar-refractivity contribution >= 4 is 28.1 Å². The Labute approximate surface area is 292 Å². The summed E-state index contributed by atoms with van der Waals surface area (Å²) in [6.45, 7) is 15.7. The van der Waals surface area contributed by atoms with Crippen LogP contribution in [-0.4, -0.2) is 89.6 Å². The zero-order valence-electron chi connectivity index (χ0n) is 29.6. The SMILES string of the molecule is BrCCCc1ccccc1.CC(C)(C)OC(=O)N1CC[C@@H](CO)C1.CC(C)(C)OC(=O)N1CC[C@@H](COCCCc2ccccc2)C1. The van der Waals surface area contributed by atoms with Crippen LogP contribution in [0.25, 0.3) is 0 Å². The molecule has 0 radical (unpaired) electrons. The lowest BCUT2D eigenvalue weighted by Gasteiger charge is -2.24. The molecule has 4 rings (SSSR count). The summed E-state index contributed by atoms with van der Waals surface area (Å²) < 4.78 is 16.4. The Morgan fingerprint density at radius 1 is 0.745 bits per heavy atom. The average Bonchev–Trinajstić information content (AvgIpc) is 3.71. The molecule has 264 valence electrons. The Kier molecular flexibility index (Phi) is 18.4. The Morgan fingerprint density at radius 2 is 1.19 bits per heavy atom. The van der Waals surface area contributed by atoms with Crippen molar-refractivity contribution in [3.05, 3.63) is 71.8 Å². The van der Waals surface area contributed by atoms with Crippen LogP contribution in [0.15, 0.2) is 60.7 Å². The fraction of sp³-hybridized carbons (Fsp3) is 0.632. The van der Waals surface area contributed by atoms with Gasteiger partial charge in [-0.15, -0.1) is 0 Å². The van der Waals surface area contributed by atoms with Gasteiger partial charge in [0.1, 0.15) is 11.2 Å². The van der Waals surface area contributed by atoms with Crippen LogP contribution in [0.1, 0.15) is 78.4 Å². The number of rotatable bonds is 10. The molecule has 2 fully saturated rings. The van der Waals surface area contributed by atoms with E-state index >= 15 is 0 Å². The third-order valence-electron chi connectivity index (χ3n) is 7.53. The summed E-state index contributed by atoms with van der Waals surface area (Å²) >= 11 is 3.41. The van der Waals surface area contributed by atoms with Crippen LogP contribution in [-0.2, 0) is 27.1 Å². The second-order valence-corrected chi connectivity index (χ2v) is 15.1. The van der Waals surface area contributed by atoms with E-state index in [2.05, 4.69) is 70.5 Å². The minimum atomic E-state index is -0.436. The molecule has 0 unspecified atom stereocenters. The zero-order chi connectivity index (χ0) is 34.7. The van der Waals surface area contributed by atoms with E-state index in [1.165, 1.54) is 24.0 Å². The second-order valence-electron chi connectivity index (χ2n) is 14.3. The quantitative estimate of drug-likeness (QED) is 0.197. The van der Waals surface area contributed by atoms with E-state index in [1.54, 1.807) is 9.80 Å². The van der Waals surface area contributed by atoms with Crippen LogP contribution in [0, 0.1) is 11.8 Å². The van der Waals surface area contributed by atoms with Gasteiger partial charge in [-0.2, -0.15) is 0 Å². The number of ether oxygens (including phenoxy) is 3. The Hall–Kier alpha value is -2.62. The smallest absolute Gasteiger partial charge is 0.410 e. The minimum Gasteiger partial charge on any atom is -0.444 e. The average molecular weight is 720 g/mol. The van der Waals surface area contributed by atoms with Crippen LogP contribution in [0.3, 0.4) is 0 Å². The van der Waals surface area contributed by atoms with Gasteiger partial charge in [0.05, 0.1) is 6.61 Å². The number of carbonyl (C=O) groups is 2. The van der Waals surface area contributed by atoms with Gasteiger partial charge in [0.25, 0.3) is 0 Å². The van der Waals surface area contributed by atoms with E-state index in [-0.39, 0.29) is 24.7 Å². The van der Waals surface area contributed by atoms with E-state index in [0.717, 1.165) is 57.3 Å². The fourth-order valence-corrected chi connectivity index (χ4v) is 5.40. The summed E-state index contributed by atoms with van der Waals surface area (Å²) in [4.78, 5) is 27.0. The molecule has 0 aromatic heterocycles. The first kappa shape index (κ1) is 40.6. The highest BCUT2D eigenvalue weighted by Gasteiger charge is 2.30. The van der Waals surface area contributed by atoms with Gasteiger partial charge in [-0.05, 0) is 91.2 Å². The van der Waals surface area contributed by atoms with E-state index in [4.69, 9.17) is 19.3 Å². The molecule has 1 N–H and O–H groups in total. The van der Waals surface area contributed by atoms with Gasteiger partial charge in [-0.3, -0.25) is 0 Å². The number of aliphatic hydroxyl groups is 1. The van der Waals surface area contributed by atoms with Gasteiger partial charge in [0.15, 0.2) is 0 Å². The zero-order valence-corrected chi connectivity index (χ0v) is 31.2. The van der Waals surface area contributed by atoms with Gasteiger partial charge in [-0.1, -0.05) is 76.6 Å². The molecule has 2 saturated heterocycles. The molecule has 2 atom stereocenters. The van der Waals surface area contributed by atoms with Gasteiger partial charge in [-0.25, -0.2) is 9.59 Å². The first-order valence-corrected chi connectivity index (χ1v) is 18.2. The standard InChI is InChI=1S/C19H29NO3.C10H19NO3.C9H11Br/c1-19(2,3)23-18(21)20-12-11-17(14-20)15-22-13-7-10-16-8-5-4-6-9-16;1-10(2,3)14-9(13)11-5-4-8(6-11)7-12;10-8-4-7-9-5-2-1-3-6-9/h4-6,8-9,17H,7,10-15H2,1-3H3;8,12H,4-7H2,1-3H3;1-3,5-6H,4,7-8H2/t17-;8-;/m11./s1. The number of amides is 2. The number of nitrogens with zero attached hydrogens (tertiary/aromatic N) is 2. The van der Waals surface area contributed by atoms with Gasteiger partial charge in [0, 0.05) is 56.6 Å². The van der Waals surface area contributed by atoms with E-state index < -0.39 is 11.2 Å². The molecule has 0 saturated carbocycles.